The summed E-state index contributed by atoms with van der Waals surface area (Å²) in [6.45, 7) is 8.13. The van der Waals surface area contributed by atoms with Crippen molar-refractivity contribution >= 4 is 17.6 Å². The van der Waals surface area contributed by atoms with Crippen molar-refractivity contribution in [2.45, 2.75) is 33.1 Å². The number of hydrogen-bond acceptors (Lipinski definition) is 3. The summed E-state index contributed by atoms with van der Waals surface area (Å²) >= 11 is 5.95. The van der Waals surface area contributed by atoms with E-state index in [2.05, 4.69) is 4.98 Å². The maximum absolute atomic E-state index is 11.5. The highest BCUT2D eigenvalue weighted by Crippen LogP contribution is 2.23. The number of carbonyl (C=O) groups excluding carboxylic acids is 1. The molecule has 1 heterocycles. The molecule has 16 heavy (non-hydrogen) atoms. The van der Waals surface area contributed by atoms with Crippen LogP contribution in [0.5, 0.6) is 0 Å². The molecule has 3 nitrogen and oxygen atoms in total. The Morgan fingerprint density at radius 2 is 2.06 bits per heavy atom. The van der Waals surface area contributed by atoms with Crippen LogP contribution < -0.4 is 0 Å². The summed E-state index contributed by atoms with van der Waals surface area (Å²) in [5, 5.41) is 0.503. The Hall–Kier alpha value is -1.09. The van der Waals surface area contributed by atoms with Crippen molar-refractivity contribution < 1.29 is 9.53 Å². The zero-order valence-electron chi connectivity index (χ0n) is 10.0. The van der Waals surface area contributed by atoms with Gasteiger partial charge < -0.3 is 4.74 Å². The highest BCUT2D eigenvalue weighted by Gasteiger charge is 2.19. The van der Waals surface area contributed by atoms with Gasteiger partial charge >= 0.3 is 5.97 Å². The van der Waals surface area contributed by atoms with Gasteiger partial charge in [-0.05, 0) is 19.1 Å². The molecule has 0 unspecified atom stereocenters. The highest BCUT2D eigenvalue weighted by molar-refractivity contribution is 6.30. The molecule has 0 radical (unpaired) electrons. The Balaban J connectivity index is 3.13. The number of rotatable bonds is 2. The molecule has 0 fully saturated rings. The molecule has 0 aliphatic heterocycles. The van der Waals surface area contributed by atoms with Crippen LogP contribution in [0.15, 0.2) is 12.1 Å². The molecule has 1 aromatic rings. The van der Waals surface area contributed by atoms with Gasteiger partial charge in [-0.1, -0.05) is 32.4 Å². The van der Waals surface area contributed by atoms with E-state index in [1.54, 1.807) is 13.0 Å². The van der Waals surface area contributed by atoms with E-state index in [0.717, 1.165) is 5.69 Å². The lowest BCUT2D eigenvalue weighted by atomic mass is 9.91. The summed E-state index contributed by atoms with van der Waals surface area (Å²) in [5.74, 6) is -0.435. The van der Waals surface area contributed by atoms with Crippen molar-refractivity contribution in [3.05, 3.63) is 28.5 Å². The minimum Gasteiger partial charge on any atom is -0.461 e. The fourth-order valence-corrected chi connectivity index (χ4v) is 1.40. The number of aromatic nitrogens is 1. The van der Waals surface area contributed by atoms with Crippen molar-refractivity contribution in [2.24, 2.45) is 0 Å². The Morgan fingerprint density at radius 3 is 2.56 bits per heavy atom. The molecule has 0 saturated carbocycles. The van der Waals surface area contributed by atoms with Gasteiger partial charge in [-0.25, -0.2) is 9.78 Å². The van der Waals surface area contributed by atoms with Gasteiger partial charge in [0, 0.05) is 16.1 Å². The first kappa shape index (κ1) is 13.0. The fraction of sp³-hybridized carbons (Fsp3) is 0.500. The average molecular weight is 242 g/mol. The van der Waals surface area contributed by atoms with Crippen molar-refractivity contribution in [2.75, 3.05) is 6.61 Å². The van der Waals surface area contributed by atoms with Crippen LogP contribution in [0, 0.1) is 0 Å². The SMILES string of the molecule is CCOC(=O)c1cc(Cl)cc(C(C)(C)C)n1. The third kappa shape index (κ3) is 3.20. The van der Waals surface area contributed by atoms with Gasteiger partial charge in [-0.3, -0.25) is 0 Å². The average Bonchev–Trinajstić information content (AvgIpc) is 2.16. The molecule has 4 heteroatoms. The Morgan fingerprint density at radius 1 is 1.44 bits per heavy atom. The van der Waals surface area contributed by atoms with Gasteiger partial charge in [-0.2, -0.15) is 0 Å². The fourth-order valence-electron chi connectivity index (χ4n) is 1.19. The quantitative estimate of drug-likeness (QED) is 0.747. The molecule has 0 aliphatic carbocycles. The molecule has 0 N–H and O–H groups in total. The molecule has 0 aliphatic rings. The predicted octanol–water partition coefficient (Wildman–Crippen LogP) is 3.21. The lowest BCUT2D eigenvalue weighted by molar-refractivity contribution is 0.0519. The molecule has 0 spiro atoms. The summed E-state index contributed by atoms with van der Waals surface area (Å²) in [6.07, 6.45) is 0. The van der Waals surface area contributed by atoms with E-state index in [-0.39, 0.29) is 11.1 Å². The Kier molecular flexibility index (Phi) is 3.92. The van der Waals surface area contributed by atoms with Gasteiger partial charge in [0.1, 0.15) is 5.69 Å². The molecule has 0 saturated heterocycles. The topological polar surface area (TPSA) is 39.2 Å². The summed E-state index contributed by atoms with van der Waals surface area (Å²) in [7, 11) is 0. The first-order valence-corrected chi connectivity index (χ1v) is 5.57. The van der Waals surface area contributed by atoms with E-state index < -0.39 is 5.97 Å². The summed E-state index contributed by atoms with van der Waals surface area (Å²) < 4.78 is 4.89. The van der Waals surface area contributed by atoms with Crippen LogP contribution in [-0.2, 0) is 10.2 Å². The number of nitrogens with zero attached hydrogens (tertiary/aromatic N) is 1. The van der Waals surface area contributed by atoms with Gasteiger partial charge in [0.05, 0.1) is 6.61 Å². The zero-order chi connectivity index (χ0) is 12.3. The first-order valence-electron chi connectivity index (χ1n) is 5.19. The van der Waals surface area contributed by atoms with Crippen molar-refractivity contribution in [1.29, 1.82) is 0 Å². The van der Waals surface area contributed by atoms with E-state index >= 15 is 0 Å². The minimum atomic E-state index is -0.435. The molecular weight excluding hydrogens is 226 g/mol. The van der Waals surface area contributed by atoms with Gasteiger partial charge in [0.25, 0.3) is 0 Å². The number of carbonyl (C=O) groups is 1. The van der Waals surface area contributed by atoms with Gasteiger partial charge in [0.2, 0.25) is 0 Å². The summed E-state index contributed by atoms with van der Waals surface area (Å²) in [5.41, 5.74) is 0.897. The van der Waals surface area contributed by atoms with E-state index in [9.17, 15) is 4.79 Å². The predicted molar refractivity (Wildman–Crippen MR) is 63.9 cm³/mol. The van der Waals surface area contributed by atoms with Crippen LogP contribution >= 0.6 is 11.6 Å². The third-order valence-electron chi connectivity index (χ3n) is 2.04. The van der Waals surface area contributed by atoms with Crippen molar-refractivity contribution in [3.8, 4) is 0 Å². The summed E-state index contributed by atoms with van der Waals surface area (Å²) in [6, 6.07) is 3.29. The second-order valence-corrected chi connectivity index (χ2v) is 4.96. The van der Waals surface area contributed by atoms with Crippen LogP contribution in [0.2, 0.25) is 5.02 Å². The maximum Gasteiger partial charge on any atom is 0.356 e. The molecule has 88 valence electrons. The Labute approximate surface area is 101 Å². The maximum atomic E-state index is 11.5. The third-order valence-corrected chi connectivity index (χ3v) is 2.26. The Bertz CT molecular complexity index is 396. The number of halogens is 1. The molecule has 1 rings (SSSR count). The number of esters is 1. The van der Waals surface area contributed by atoms with Crippen LogP contribution in [0.4, 0.5) is 0 Å². The molecule has 0 aromatic carbocycles. The van der Waals surface area contributed by atoms with Gasteiger partial charge in [-0.15, -0.1) is 0 Å². The monoisotopic (exact) mass is 241 g/mol. The number of ether oxygens (including phenoxy) is 1. The minimum absolute atomic E-state index is 0.147. The molecule has 0 atom stereocenters. The van der Waals surface area contributed by atoms with E-state index in [4.69, 9.17) is 16.3 Å². The van der Waals surface area contributed by atoms with Gasteiger partial charge in [0.15, 0.2) is 0 Å². The van der Waals surface area contributed by atoms with Crippen molar-refractivity contribution in [1.82, 2.24) is 4.98 Å². The molecule has 1 aromatic heterocycles. The first-order chi connectivity index (χ1) is 7.34. The van der Waals surface area contributed by atoms with E-state index in [1.807, 2.05) is 20.8 Å². The molecular formula is C12H16ClNO2. The van der Waals surface area contributed by atoms with Crippen LogP contribution in [0.1, 0.15) is 43.9 Å². The molecule has 0 amide bonds. The summed E-state index contributed by atoms with van der Waals surface area (Å²) in [4.78, 5) is 15.8. The number of hydrogen-bond donors (Lipinski definition) is 0. The standard InChI is InChI=1S/C12H16ClNO2/c1-5-16-11(15)9-6-8(13)7-10(14-9)12(2,3)4/h6-7H,5H2,1-4H3. The largest absolute Gasteiger partial charge is 0.461 e. The highest BCUT2D eigenvalue weighted by atomic mass is 35.5. The normalized spacial score (nSPS) is 11.3. The van der Waals surface area contributed by atoms with E-state index in [0.29, 0.717) is 11.6 Å². The van der Waals surface area contributed by atoms with Crippen LogP contribution in [0.25, 0.3) is 0 Å². The van der Waals surface area contributed by atoms with Crippen molar-refractivity contribution in [3.63, 3.8) is 0 Å². The lowest BCUT2D eigenvalue weighted by Crippen LogP contribution is -2.17. The smallest absolute Gasteiger partial charge is 0.356 e. The van der Waals surface area contributed by atoms with Crippen LogP contribution in [0.3, 0.4) is 0 Å². The van der Waals surface area contributed by atoms with Crippen LogP contribution in [-0.4, -0.2) is 17.6 Å². The second kappa shape index (κ2) is 4.83. The second-order valence-electron chi connectivity index (χ2n) is 4.53. The van der Waals surface area contributed by atoms with E-state index in [1.165, 1.54) is 6.07 Å². The molecule has 0 bridgehead atoms. The number of pyridine rings is 1. The lowest BCUT2D eigenvalue weighted by Gasteiger charge is -2.18. The zero-order valence-corrected chi connectivity index (χ0v) is 10.8.